The van der Waals surface area contributed by atoms with E-state index in [2.05, 4.69) is 39.9 Å². The lowest BCUT2D eigenvalue weighted by Crippen LogP contribution is -1.86. The van der Waals surface area contributed by atoms with Gasteiger partial charge in [0.1, 0.15) is 0 Å². The molecule has 72 valence electrons. The van der Waals surface area contributed by atoms with Gasteiger partial charge in [-0.25, -0.2) is 0 Å². The summed E-state index contributed by atoms with van der Waals surface area (Å²) in [4.78, 5) is 0. The lowest BCUT2D eigenvalue weighted by atomic mass is 10.1. The number of hydrogen-bond donors (Lipinski definition) is 0. The summed E-state index contributed by atoms with van der Waals surface area (Å²) in [6, 6.07) is 8.19. The molecule has 1 aromatic rings. The van der Waals surface area contributed by atoms with Gasteiger partial charge in [0.2, 0.25) is 0 Å². The largest absolute Gasteiger partial charge is 0.0945 e. The van der Waals surface area contributed by atoms with Crippen molar-refractivity contribution < 1.29 is 0 Å². The van der Waals surface area contributed by atoms with E-state index in [4.69, 9.17) is 0 Å². The van der Waals surface area contributed by atoms with Gasteiger partial charge in [-0.3, -0.25) is 0 Å². The summed E-state index contributed by atoms with van der Waals surface area (Å²) in [6.07, 6.45) is 5.30. The van der Waals surface area contributed by atoms with Crippen molar-refractivity contribution in [2.75, 3.05) is 0 Å². The molecule has 0 radical (unpaired) electrons. The molecule has 14 heavy (non-hydrogen) atoms. The maximum absolute atomic E-state index is 3.45. The SMILES string of the molecule is Brc1cccc(C#CC2CCCC2)c1. The van der Waals surface area contributed by atoms with Gasteiger partial charge in [0.15, 0.2) is 0 Å². The van der Waals surface area contributed by atoms with Crippen LogP contribution in [-0.2, 0) is 0 Å². The lowest BCUT2D eigenvalue weighted by molar-refractivity contribution is 0.712. The molecule has 1 aliphatic carbocycles. The highest BCUT2D eigenvalue weighted by Gasteiger charge is 2.11. The van der Waals surface area contributed by atoms with Gasteiger partial charge in [0.05, 0.1) is 0 Å². The smallest absolute Gasteiger partial charge is 0.0256 e. The molecule has 1 saturated carbocycles. The lowest BCUT2D eigenvalue weighted by Gasteiger charge is -1.96. The normalized spacial score (nSPS) is 16.4. The van der Waals surface area contributed by atoms with E-state index >= 15 is 0 Å². The summed E-state index contributed by atoms with van der Waals surface area (Å²) in [5.41, 5.74) is 1.12. The Bertz CT molecular complexity index is 364. The maximum atomic E-state index is 3.45. The van der Waals surface area contributed by atoms with Crippen molar-refractivity contribution in [3.05, 3.63) is 34.3 Å². The highest BCUT2D eigenvalue weighted by molar-refractivity contribution is 9.10. The molecule has 1 aliphatic rings. The van der Waals surface area contributed by atoms with E-state index in [0.29, 0.717) is 5.92 Å². The summed E-state index contributed by atoms with van der Waals surface area (Å²) in [5.74, 6) is 7.25. The summed E-state index contributed by atoms with van der Waals surface area (Å²) in [6.45, 7) is 0. The molecule has 0 heterocycles. The summed E-state index contributed by atoms with van der Waals surface area (Å²) in [5, 5.41) is 0. The minimum atomic E-state index is 0.647. The Hall–Kier alpha value is -0.740. The third-order valence-electron chi connectivity index (χ3n) is 2.60. The van der Waals surface area contributed by atoms with Gasteiger partial charge in [-0.2, -0.15) is 0 Å². The molecule has 0 unspecified atom stereocenters. The molecular weight excluding hydrogens is 236 g/mol. The Morgan fingerprint density at radius 2 is 2.00 bits per heavy atom. The zero-order chi connectivity index (χ0) is 9.80. The Balaban J connectivity index is 2.08. The molecule has 0 aromatic heterocycles. The molecule has 1 fully saturated rings. The fourth-order valence-electron chi connectivity index (χ4n) is 1.82. The van der Waals surface area contributed by atoms with E-state index in [1.807, 2.05) is 12.1 Å². The summed E-state index contributed by atoms with van der Waals surface area (Å²) < 4.78 is 1.11. The predicted octanol–water partition coefficient (Wildman–Crippen LogP) is 3.99. The molecule has 0 atom stereocenters. The van der Waals surface area contributed by atoms with E-state index < -0.39 is 0 Å². The average Bonchev–Trinajstić information content (AvgIpc) is 2.67. The van der Waals surface area contributed by atoms with Crippen molar-refractivity contribution in [3.63, 3.8) is 0 Å². The van der Waals surface area contributed by atoms with E-state index in [-0.39, 0.29) is 0 Å². The van der Waals surface area contributed by atoms with Gasteiger partial charge in [0, 0.05) is 16.0 Å². The topological polar surface area (TPSA) is 0 Å². The van der Waals surface area contributed by atoms with Gasteiger partial charge < -0.3 is 0 Å². The van der Waals surface area contributed by atoms with E-state index in [0.717, 1.165) is 10.0 Å². The first-order valence-electron chi connectivity index (χ1n) is 5.12. The molecule has 0 bridgehead atoms. The first-order chi connectivity index (χ1) is 6.84. The van der Waals surface area contributed by atoms with Gasteiger partial charge in [-0.1, -0.05) is 46.7 Å². The van der Waals surface area contributed by atoms with Gasteiger partial charge in [0.25, 0.3) is 0 Å². The van der Waals surface area contributed by atoms with Gasteiger partial charge in [-0.15, -0.1) is 0 Å². The maximum Gasteiger partial charge on any atom is 0.0256 e. The second kappa shape index (κ2) is 4.66. The third-order valence-corrected chi connectivity index (χ3v) is 3.09. The fraction of sp³-hybridized carbons (Fsp3) is 0.385. The van der Waals surface area contributed by atoms with E-state index in [9.17, 15) is 0 Å². The zero-order valence-electron chi connectivity index (χ0n) is 8.09. The standard InChI is InChI=1S/C13H13Br/c14-13-7-3-6-12(10-13)9-8-11-4-1-2-5-11/h3,6-7,10-11H,1-2,4-5H2. The van der Waals surface area contributed by atoms with Crippen LogP contribution in [-0.4, -0.2) is 0 Å². The van der Waals surface area contributed by atoms with Gasteiger partial charge >= 0.3 is 0 Å². The monoisotopic (exact) mass is 248 g/mol. The molecule has 2 rings (SSSR count). The van der Waals surface area contributed by atoms with Crippen molar-refractivity contribution in [1.82, 2.24) is 0 Å². The molecule has 0 nitrogen and oxygen atoms in total. The van der Waals surface area contributed by atoms with Crippen LogP contribution in [0.3, 0.4) is 0 Å². The Kier molecular flexibility index (Phi) is 3.26. The molecule has 0 aliphatic heterocycles. The second-order valence-corrected chi connectivity index (χ2v) is 4.68. The minimum Gasteiger partial charge on any atom is -0.0945 e. The predicted molar refractivity (Wildman–Crippen MR) is 63.0 cm³/mol. The Labute approximate surface area is 93.8 Å². The number of benzene rings is 1. The molecule has 0 spiro atoms. The highest BCUT2D eigenvalue weighted by Crippen LogP contribution is 2.23. The van der Waals surface area contributed by atoms with Crippen LogP contribution < -0.4 is 0 Å². The van der Waals surface area contributed by atoms with Crippen LogP contribution in [0.5, 0.6) is 0 Å². The summed E-state index contributed by atoms with van der Waals surface area (Å²) >= 11 is 3.45. The minimum absolute atomic E-state index is 0.647. The van der Waals surface area contributed by atoms with E-state index in [1.165, 1.54) is 25.7 Å². The van der Waals surface area contributed by atoms with Crippen molar-refractivity contribution in [2.45, 2.75) is 25.7 Å². The molecule has 1 heteroatoms. The van der Waals surface area contributed by atoms with Crippen LogP contribution in [0.4, 0.5) is 0 Å². The van der Waals surface area contributed by atoms with Gasteiger partial charge in [-0.05, 0) is 31.0 Å². The highest BCUT2D eigenvalue weighted by atomic mass is 79.9. The van der Waals surface area contributed by atoms with E-state index in [1.54, 1.807) is 0 Å². The van der Waals surface area contributed by atoms with Crippen LogP contribution in [0, 0.1) is 17.8 Å². The first-order valence-corrected chi connectivity index (χ1v) is 5.91. The third kappa shape index (κ3) is 2.62. The Morgan fingerprint density at radius 1 is 1.21 bits per heavy atom. The Morgan fingerprint density at radius 3 is 2.71 bits per heavy atom. The fourth-order valence-corrected chi connectivity index (χ4v) is 2.22. The number of halogens is 1. The molecule has 1 aromatic carbocycles. The number of rotatable bonds is 0. The molecular formula is C13H13Br. The van der Waals surface area contributed by atoms with Crippen LogP contribution >= 0.6 is 15.9 Å². The van der Waals surface area contributed by atoms with Crippen LogP contribution in [0.1, 0.15) is 31.2 Å². The van der Waals surface area contributed by atoms with Crippen LogP contribution in [0.25, 0.3) is 0 Å². The van der Waals surface area contributed by atoms with Crippen molar-refractivity contribution in [2.24, 2.45) is 5.92 Å². The zero-order valence-corrected chi connectivity index (χ0v) is 9.68. The quantitative estimate of drug-likeness (QED) is 0.610. The van der Waals surface area contributed by atoms with Crippen molar-refractivity contribution in [1.29, 1.82) is 0 Å². The molecule has 0 N–H and O–H groups in total. The molecule has 0 amide bonds. The van der Waals surface area contributed by atoms with Crippen LogP contribution in [0.15, 0.2) is 28.7 Å². The van der Waals surface area contributed by atoms with Crippen molar-refractivity contribution in [3.8, 4) is 11.8 Å². The summed E-state index contributed by atoms with van der Waals surface area (Å²) in [7, 11) is 0. The first kappa shape index (κ1) is 9.80. The average molecular weight is 249 g/mol. The number of hydrogen-bond acceptors (Lipinski definition) is 0. The second-order valence-electron chi connectivity index (χ2n) is 3.76. The molecule has 0 saturated heterocycles. The van der Waals surface area contributed by atoms with Crippen molar-refractivity contribution >= 4 is 15.9 Å². The van der Waals surface area contributed by atoms with Crippen LogP contribution in [0.2, 0.25) is 0 Å².